The van der Waals surface area contributed by atoms with Gasteiger partial charge in [-0.15, -0.1) is 0 Å². The smallest absolute Gasteiger partial charge is 0.129 e. The third-order valence-corrected chi connectivity index (χ3v) is 4.20. The lowest BCUT2D eigenvalue weighted by Gasteiger charge is -2.21. The highest BCUT2D eigenvalue weighted by Gasteiger charge is 2.16. The number of hydrogen-bond donors (Lipinski definition) is 1. The van der Waals surface area contributed by atoms with Crippen LogP contribution in [0.5, 0.6) is 0 Å². The minimum atomic E-state index is -0.489. The molecule has 2 rings (SSSR count). The largest absolute Gasteiger partial charge is 0.307 e. The van der Waals surface area contributed by atoms with Crippen molar-refractivity contribution in [3.8, 4) is 0 Å². The van der Waals surface area contributed by atoms with Crippen LogP contribution in [0.25, 0.3) is 0 Å². The Bertz CT molecular complexity index is 595. The van der Waals surface area contributed by atoms with Gasteiger partial charge in [0.1, 0.15) is 11.6 Å². The molecule has 112 valence electrons. The summed E-state index contributed by atoms with van der Waals surface area (Å²) < 4.78 is 28.3. The van der Waals surface area contributed by atoms with Crippen molar-refractivity contribution >= 4 is 15.9 Å². The Morgan fingerprint density at radius 2 is 1.62 bits per heavy atom. The van der Waals surface area contributed by atoms with Crippen LogP contribution in [-0.4, -0.2) is 6.04 Å². The number of nitrogens with one attached hydrogen (secondary N) is 1. The summed E-state index contributed by atoms with van der Waals surface area (Å²) in [5, 5.41) is 3.38. The van der Waals surface area contributed by atoms with Gasteiger partial charge in [-0.1, -0.05) is 40.2 Å². The second kappa shape index (κ2) is 7.14. The first kappa shape index (κ1) is 16.1. The van der Waals surface area contributed by atoms with Crippen LogP contribution in [0, 0.1) is 11.6 Å². The monoisotopic (exact) mass is 353 g/mol. The second-order valence-corrected chi connectivity index (χ2v) is 6.07. The Kier molecular flexibility index (Phi) is 5.48. The number of rotatable bonds is 5. The highest BCUT2D eigenvalue weighted by Crippen LogP contribution is 2.23. The van der Waals surface area contributed by atoms with Crippen molar-refractivity contribution in [1.82, 2.24) is 5.32 Å². The molecule has 0 fully saturated rings. The van der Waals surface area contributed by atoms with Crippen LogP contribution < -0.4 is 5.32 Å². The highest BCUT2D eigenvalue weighted by atomic mass is 79.9. The summed E-state index contributed by atoms with van der Waals surface area (Å²) >= 11 is 3.52. The summed E-state index contributed by atoms with van der Waals surface area (Å²) in [4.78, 5) is 0. The maximum absolute atomic E-state index is 13.7. The van der Waals surface area contributed by atoms with Crippen LogP contribution >= 0.6 is 15.9 Å². The lowest BCUT2D eigenvalue weighted by atomic mass is 10.0. The molecule has 2 aromatic rings. The van der Waals surface area contributed by atoms with Gasteiger partial charge in [0, 0.05) is 22.1 Å². The van der Waals surface area contributed by atoms with E-state index in [9.17, 15) is 8.78 Å². The molecular formula is C17H18BrF2N. The topological polar surface area (TPSA) is 12.0 Å². The Morgan fingerprint density at radius 1 is 1.00 bits per heavy atom. The van der Waals surface area contributed by atoms with Gasteiger partial charge in [-0.2, -0.15) is 0 Å². The van der Waals surface area contributed by atoms with Crippen molar-refractivity contribution in [2.24, 2.45) is 0 Å². The van der Waals surface area contributed by atoms with Gasteiger partial charge in [0.25, 0.3) is 0 Å². The molecule has 0 spiro atoms. The first-order valence-electron chi connectivity index (χ1n) is 6.92. The molecule has 21 heavy (non-hydrogen) atoms. The number of halogens is 3. The zero-order valence-corrected chi connectivity index (χ0v) is 13.6. The summed E-state index contributed by atoms with van der Waals surface area (Å²) in [6.07, 6.45) is 0.313. The maximum atomic E-state index is 13.7. The van der Waals surface area contributed by atoms with Crippen molar-refractivity contribution in [3.63, 3.8) is 0 Å². The van der Waals surface area contributed by atoms with Crippen molar-refractivity contribution in [2.45, 2.75) is 32.4 Å². The quantitative estimate of drug-likeness (QED) is 0.796. The molecule has 0 radical (unpaired) electrons. The van der Waals surface area contributed by atoms with Crippen LogP contribution in [0.15, 0.2) is 46.9 Å². The summed E-state index contributed by atoms with van der Waals surface area (Å²) in [6, 6.07) is 12.0. The SMILES string of the molecule is CC(Cc1c(F)cccc1F)NC(C)c1ccccc1Br. The minimum Gasteiger partial charge on any atom is -0.307 e. The standard InChI is InChI=1S/C17H18BrF2N/c1-11(10-14-16(19)8-5-9-17(14)20)21-12(2)13-6-3-4-7-15(13)18/h3-9,11-12,21H,10H2,1-2H3. The summed E-state index contributed by atoms with van der Waals surface area (Å²) in [5.41, 5.74) is 1.26. The van der Waals surface area contributed by atoms with Gasteiger partial charge in [0.2, 0.25) is 0 Å². The first-order chi connectivity index (χ1) is 9.99. The zero-order valence-electron chi connectivity index (χ0n) is 12.0. The average Bonchev–Trinajstić information content (AvgIpc) is 2.43. The van der Waals surface area contributed by atoms with Gasteiger partial charge in [-0.25, -0.2) is 8.78 Å². The fourth-order valence-electron chi connectivity index (χ4n) is 2.44. The molecule has 2 aromatic carbocycles. The Labute approximate surface area is 132 Å². The summed E-state index contributed by atoms with van der Waals surface area (Å²) in [7, 11) is 0. The van der Waals surface area contributed by atoms with E-state index in [4.69, 9.17) is 0 Å². The Balaban J connectivity index is 2.05. The van der Waals surface area contributed by atoms with Crippen molar-refractivity contribution < 1.29 is 8.78 Å². The van der Waals surface area contributed by atoms with Crippen molar-refractivity contribution in [1.29, 1.82) is 0 Å². The second-order valence-electron chi connectivity index (χ2n) is 5.22. The molecule has 0 saturated heterocycles. The zero-order chi connectivity index (χ0) is 15.4. The number of benzene rings is 2. The first-order valence-corrected chi connectivity index (χ1v) is 7.71. The molecule has 0 amide bonds. The van der Waals surface area contributed by atoms with Gasteiger partial charge < -0.3 is 5.32 Å². The van der Waals surface area contributed by atoms with Gasteiger partial charge in [0.15, 0.2) is 0 Å². The van der Waals surface area contributed by atoms with E-state index in [0.29, 0.717) is 6.42 Å². The fraction of sp³-hybridized carbons (Fsp3) is 0.294. The van der Waals surface area contributed by atoms with E-state index in [0.717, 1.165) is 10.0 Å². The van der Waals surface area contributed by atoms with Crippen LogP contribution in [0.1, 0.15) is 31.0 Å². The fourth-order valence-corrected chi connectivity index (χ4v) is 3.06. The van der Waals surface area contributed by atoms with Gasteiger partial charge in [-0.05, 0) is 44.0 Å². The molecule has 1 nitrogen and oxygen atoms in total. The lowest BCUT2D eigenvalue weighted by molar-refractivity contribution is 0.456. The van der Waals surface area contributed by atoms with E-state index in [-0.39, 0.29) is 17.6 Å². The molecule has 0 aliphatic carbocycles. The van der Waals surface area contributed by atoms with E-state index < -0.39 is 11.6 Å². The van der Waals surface area contributed by atoms with E-state index in [1.165, 1.54) is 18.2 Å². The molecule has 0 heterocycles. The molecule has 0 aliphatic heterocycles. The highest BCUT2D eigenvalue weighted by molar-refractivity contribution is 9.10. The van der Waals surface area contributed by atoms with Crippen molar-refractivity contribution in [2.75, 3.05) is 0 Å². The molecule has 1 N–H and O–H groups in total. The number of hydrogen-bond acceptors (Lipinski definition) is 1. The summed E-state index contributed by atoms with van der Waals surface area (Å²) in [6.45, 7) is 3.97. The minimum absolute atomic E-state index is 0.0430. The lowest BCUT2D eigenvalue weighted by Crippen LogP contribution is -2.31. The molecule has 2 atom stereocenters. The Hall–Kier alpha value is -1.26. The normalized spacial score (nSPS) is 14.0. The molecule has 0 bridgehead atoms. The predicted molar refractivity (Wildman–Crippen MR) is 85.2 cm³/mol. The Morgan fingerprint density at radius 3 is 2.24 bits per heavy atom. The summed E-state index contributed by atoms with van der Waals surface area (Å²) in [5.74, 6) is -0.977. The molecule has 0 aliphatic rings. The molecular weight excluding hydrogens is 336 g/mol. The van der Waals surface area contributed by atoms with Crippen LogP contribution in [0.4, 0.5) is 8.78 Å². The third-order valence-electron chi connectivity index (χ3n) is 3.48. The van der Waals surface area contributed by atoms with Gasteiger partial charge in [0.05, 0.1) is 0 Å². The predicted octanol–water partition coefficient (Wildman–Crippen LogP) is 5.01. The van der Waals surface area contributed by atoms with E-state index in [1.54, 1.807) is 0 Å². The molecule has 2 unspecified atom stereocenters. The van der Waals surface area contributed by atoms with Crippen LogP contribution in [0.2, 0.25) is 0 Å². The van der Waals surface area contributed by atoms with Gasteiger partial charge in [-0.3, -0.25) is 0 Å². The average molecular weight is 354 g/mol. The van der Waals surface area contributed by atoms with Crippen LogP contribution in [-0.2, 0) is 6.42 Å². The third kappa shape index (κ3) is 4.11. The van der Waals surface area contributed by atoms with E-state index in [1.807, 2.05) is 38.1 Å². The van der Waals surface area contributed by atoms with Gasteiger partial charge >= 0.3 is 0 Å². The molecule has 0 aromatic heterocycles. The van der Waals surface area contributed by atoms with E-state index in [2.05, 4.69) is 21.2 Å². The van der Waals surface area contributed by atoms with E-state index >= 15 is 0 Å². The van der Waals surface area contributed by atoms with Crippen LogP contribution in [0.3, 0.4) is 0 Å². The molecule has 0 saturated carbocycles. The molecule has 4 heteroatoms. The van der Waals surface area contributed by atoms with Crippen molar-refractivity contribution in [3.05, 3.63) is 69.7 Å². The maximum Gasteiger partial charge on any atom is 0.129 e.